The van der Waals surface area contributed by atoms with Gasteiger partial charge in [-0.1, -0.05) is 131 Å². The van der Waals surface area contributed by atoms with Crippen molar-refractivity contribution in [3.05, 3.63) is 221 Å². The van der Waals surface area contributed by atoms with Gasteiger partial charge in [-0.2, -0.15) is 0 Å². The zero-order valence-corrected chi connectivity index (χ0v) is 38.4. The summed E-state index contributed by atoms with van der Waals surface area (Å²) in [4.78, 5) is 13.5. The molecule has 338 valence electrons. The molecule has 5 heterocycles. The molecule has 2 radical (unpaired) electrons. The zero-order valence-electron chi connectivity index (χ0n) is 38.4. The van der Waals surface area contributed by atoms with E-state index in [0.29, 0.717) is 0 Å². The van der Waals surface area contributed by atoms with Crippen molar-refractivity contribution < 1.29 is 0 Å². The van der Waals surface area contributed by atoms with Crippen LogP contribution in [0.5, 0.6) is 0 Å². The van der Waals surface area contributed by atoms with Crippen molar-refractivity contribution in [2.45, 2.75) is 76.1 Å². The van der Waals surface area contributed by atoms with Crippen LogP contribution < -0.4 is 10.6 Å². The molecule has 0 unspecified atom stereocenters. The highest BCUT2D eigenvalue weighted by Crippen LogP contribution is 2.29. The Bertz CT molecular complexity index is 2880. The molecule has 7 heteroatoms. The van der Waals surface area contributed by atoms with Crippen LogP contribution in [0.1, 0.15) is 59.4 Å². The number of fused-ring (bicyclic) bond motifs is 6. The number of imidazole rings is 1. The van der Waals surface area contributed by atoms with E-state index in [4.69, 9.17) is 0 Å². The number of H-pyrrole nitrogens is 3. The predicted molar refractivity (Wildman–Crippen MR) is 292 cm³/mol. The van der Waals surface area contributed by atoms with Crippen LogP contribution in [0.15, 0.2) is 177 Å². The molecule has 0 bridgehead atoms. The van der Waals surface area contributed by atoms with Crippen LogP contribution in [0.25, 0.3) is 43.6 Å². The third-order valence-corrected chi connectivity index (χ3v) is 11.5. The maximum atomic E-state index is 4.50. The molecule has 0 saturated heterocycles. The summed E-state index contributed by atoms with van der Waals surface area (Å²) in [5.41, 5.74) is 19.2. The number of aromatic amines is 3. The second-order valence-electron chi connectivity index (χ2n) is 16.0. The molecule has 2 aliphatic heterocycles. The number of nitrogens with zero attached hydrogens (tertiary/aromatic N) is 1. The lowest BCUT2D eigenvalue weighted by Crippen LogP contribution is -1.90. The van der Waals surface area contributed by atoms with Gasteiger partial charge in [-0.15, -0.1) is 0 Å². The van der Waals surface area contributed by atoms with E-state index >= 15 is 0 Å². The van der Waals surface area contributed by atoms with Crippen LogP contribution in [0.4, 0.5) is 11.4 Å². The first-order valence-electron chi connectivity index (χ1n) is 22.0. The summed E-state index contributed by atoms with van der Waals surface area (Å²) in [5, 5.41) is 11.9. The molecule has 0 fully saturated rings. The zero-order chi connectivity index (χ0) is 45.4. The van der Waals surface area contributed by atoms with Gasteiger partial charge in [0.15, 0.2) is 0 Å². The van der Waals surface area contributed by atoms with E-state index in [2.05, 4.69) is 220 Å². The van der Waals surface area contributed by atoms with Crippen LogP contribution >= 0.6 is 0 Å². The number of rotatable bonds is 0. The average Bonchev–Trinajstić information content (AvgIpc) is 4.17. The molecule has 3 aromatic heterocycles. The first-order chi connectivity index (χ1) is 31.2. The van der Waals surface area contributed by atoms with Crippen molar-refractivity contribution in [3.63, 3.8) is 0 Å². The summed E-state index contributed by atoms with van der Waals surface area (Å²) in [6, 6.07) is 50.4. The highest BCUT2D eigenvalue weighted by Gasteiger charge is 2.14. The number of aromatic nitrogens is 4. The largest absolute Gasteiger partial charge is 0.384 e. The lowest BCUT2D eigenvalue weighted by atomic mass is 10.1. The number of anilines is 2. The van der Waals surface area contributed by atoms with Gasteiger partial charge in [0.1, 0.15) is 0 Å². The van der Waals surface area contributed by atoms with Crippen molar-refractivity contribution in [2.24, 2.45) is 0 Å². The van der Waals surface area contributed by atoms with E-state index in [1.54, 1.807) is 6.33 Å². The second-order valence-corrected chi connectivity index (χ2v) is 16.0. The number of nitrogens with one attached hydrogen (secondary N) is 5. The molecule has 2 aliphatic rings. The maximum Gasteiger partial charge on any atom is 0.0931 e. The van der Waals surface area contributed by atoms with E-state index in [1.807, 2.05) is 24.5 Å². The molecule has 10 aromatic rings. The van der Waals surface area contributed by atoms with Crippen LogP contribution in [0.2, 0.25) is 6.82 Å². The van der Waals surface area contributed by atoms with Crippen LogP contribution in [0, 0.1) is 41.5 Å². The maximum absolute atomic E-state index is 4.50. The van der Waals surface area contributed by atoms with Gasteiger partial charge in [0.05, 0.1) is 25.2 Å². The molecule has 12 rings (SSSR count). The van der Waals surface area contributed by atoms with Crippen molar-refractivity contribution >= 4 is 62.8 Å². The van der Waals surface area contributed by atoms with Gasteiger partial charge >= 0.3 is 0 Å². The SMILES string of the molecule is C.C.C=C1Cc2c(C)cccc2N1.Cc1cccc2[nH]ccc12.Cc1cccc2[nH]ccc12.Cc1cccc2[nH]cnc12.Cc1cccc2c1CCN2.Cc1cccc2ccccc12.[B]C. The first kappa shape index (κ1) is 51.4. The van der Waals surface area contributed by atoms with Crippen molar-refractivity contribution in [1.29, 1.82) is 0 Å². The Balaban J connectivity index is 0.000000171. The summed E-state index contributed by atoms with van der Waals surface area (Å²) in [6.45, 7) is 19.3. The number of hydrogen-bond acceptors (Lipinski definition) is 3. The second kappa shape index (κ2) is 25.3. The summed E-state index contributed by atoms with van der Waals surface area (Å²) in [7, 11) is 4.50. The topological polar surface area (TPSA) is 84.3 Å². The van der Waals surface area contributed by atoms with E-state index in [1.165, 1.54) is 102 Å². The smallest absolute Gasteiger partial charge is 0.0931 e. The van der Waals surface area contributed by atoms with E-state index in [9.17, 15) is 0 Å². The summed E-state index contributed by atoms with van der Waals surface area (Å²) < 4.78 is 0. The van der Waals surface area contributed by atoms with E-state index in [-0.39, 0.29) is 14.9 Å². The monoisotopic (exact) mass is 873 g/mol. The summed E-state index contributed by atoms with van der Waals surface area (Å²) in [5.74, 6) is 0. The van der Waals surface area contributed by atoms with E-state index < -0.39 is 0 Å². The Morgan fingerprint density at radius 2 is 0.955 bits per heavy atom. The van der Waals surface area contributed by atoms with Gasteiger partial charge < -0.3 is 25.6 Å². The number of hydrogen-bond donors (Lipinski definition) is 5. The van der Waals surface area contributed by atoms with Crippen molar-refractivity contribution in [2.75, 3.05) is 17.2 Å². The molecule has 0 atom stereocenters. The third-order valence-electron chi connectivity index (χ3n) is 11.5. The van der Waals surface area contributed by atoms with Crippen LogP contribution in [0.3, 0.4) is 0 Å². The lowest BCUT2D eigenvalue weighted by molar-refractivity contribution is 1.09. The van der Waals surface area contributed by atoms with Gasteiger partial charge in [-0.05, 0) is 146 Å². The minimum Gasteiger partial charge on any atom is -0.384 e. The van der Waals surface area contributed by atoms with E-state index in [0.717, 1.165) is 29.7 Å². The normalized spacial score (nSPS) is 11.2. The Kier molecular flexibility index (Phi) is 19.7. The summed E-state index contributed by atoms with van der Waals surface area (Å²) in [6.07, 6.45) is 7.84. The fraction of sp³-hybridized carbons (Fsp3) is 0.203. The number of aryl methyl sites for hydroxylation is 6. The van der Waals surface area contributed by atoms with Gasteiger partial charge in [0, 0.05) is 64.2 Å². The van der Waals surface area contributed by atoms with Crippen molar-refractivity contribution in [1.82, 2.24) is 19.9 Å². The molecule has 0 aliphatic carbocycles. The quantitative estimate of drug-likeness (QED) is 0.0984. The van der Waals surface area contributed by atoms with Gasteiger partial charge in [-0.3, -0.25) is 0 Å². The number of allylic oxidation sites excluding steroid dienone is 1. The van der Waals surface area contributed by atoms with Crippen LogP contribution in [-0.2, 0) is 12.8 Å². The molecule has 0 amide bonds. The predicted octanol–water partition coefficient (Wildman–Crippen LogP) is 15.9. The first-order valence-corrected chi connectivity index (χ1v) is 22.0. The Hall–Kier alpha value is -7.25. The van der Waals surface area contributed by atoms with Gasteiger partial charge in [0.2, 0.25) is 0 Å². The Morgan fingerprint density at radius 3 is 1.52 bits per heavy atom. The lowest BCUT2D eigenvalue weighted by Gasteiger charge is -2.00. The molecule has 6 nitrogen and oxygen atoms in total. The fourth-order valence-electron chi connectivity index (χ4n) is 8.01. The molecule has 0 saturated carbocycles. The molecule has 0 spiro atoms. The molecule has 7 aromatic carbocycles. The number of benzene rings is 7. The Labute approximate surface area is 395 Å². The molecule has 5 N–H and O–H groups in total. The fourth-order valence-corrected chi connectivity index (χ4v) is 8.01. The summed E-state index contributed by atoms with van der Waals surface area (Å²) >= 11 is 0. The van der Waals surface area contributed by atoms with Crippen molar-refractivity contribution in [3.8, 4) is 0 Å². The third kappa shape index (κ3) is 13.2. The highest BCUT2D eigenvalue weighted by molar-refractivity contribution is 6.05. The average molecular weight is 873 g/mol. The minimum atomic E-state index is 0. The van der Waals surface area contributed by atoms with Crippen LogP contribution in [-0.4, -0.2) is 34.3 Å². The number of para-hydroxylation sites is 1. The molecule has 66 heavy (non-hydrogen) atoms. The Morgan fingerprint density at radius 1 is 0.470 bits per heavy atom. The standard InChI is InChI=1S/C11H10.C10H11N.C9H11N.2C9H9N.C8H8N2.CH3B.2CH4/c1-9-5-4-7-10-6-2-3-8-11(9)10;1-7-4-3-5-10-9(7)6-8(2)11-10;3*1-7-3-2-4-9-8(7)5-6-10-9;1-6-3-2-4-7-8(6)10-5-9-7;1-2;;/h2-8H,1H3;3-5,11H,2,6H2,1H3;2-4,10H,5-6H2,1H3;2*2-6,10H,1H3;2-5H,1H3,(H,9,10);1H3;2*1H4. The van der Waals surface area contributed by atoms with Gasteiger partial charge in [-0.25, -0.2) is 4.98 Å². The van der Waals surface area contributed by atoms with Gasteiger partial charge in [0.25, 0.3) is 0 Å². The minimum absolute atomic E-state index is 0. The highest BCUT2D eigenvalue weighted by atomic mass is 14.9. The molecular weight excluding hydrogens is 804 g/mol. The molecular formula is C59H69BN6.